The van der Waals surface area contributed by atoms with Gasteiger partial charge >= 0.3 is 109 Å². The summed E-state index contributed by atoms with van der Waals surface area (Å²) in [4.78, 5) is 10.8. The Morgan fingerprint density at radius 1 is 1.50 bits per heavy atom. The molecule has 0 amide bonds. The van der Waals surface area contributed by atoms with Crippen molar-refractivity contribution < 1.29 is 37.2 Å². The molecule has 0 aromatic heterocycles. The van der Waals surface area contributed by atoms with Crippen LogP contribution in [0.1, 0.15) is 19.4 Å². The van der Waals surface area contributed by atoms with Gasteiger partial charge in [0.25, 0.3) is 0 Å². The number of hydrogen-bond acceptors (Lipinski definition) is 3. The van der Waals surface area contributed by atoms with Crippen LogP contribution in [0.4, 0.5) is 0 Å². The quantitative estimate of drug-likeness (QED) is 0.707. The number of hydrogen-bond donors (Lipinski definition) is 0. The fourth-order valence-electron chi connectivity index (χ4n) is 1.95. The first-order valence-corrected chi connectivity index (χ1v) is 11.0. The van der Waals surface area contributed by atoms with Crippen LogP contribution in [0, 0.1) is 0 Å². The third kappa shape index (κ3) is 2.76. The fourth-order valence-corrected chi connectivity index (χ4v) is 6.79. The Bertz CT molecular complexity index is 392. The van der Waals surface area contributed by atoms with Crippen LogP contribution < -0.4 is 4.74 Å². The predicted molar refractivity (Wildman–Crippen MR) is 55.8 cm³/mol. The third-order valence-corrected chi connectivity index (χ3v) is 10.5. The molecule has 0 aliphatic carbocycles. The summed E-state index contributed by atoms with van der Waals surface area (Å²) < 4.78 is 11.6. The number of ether oxygens (including phenoxy) is 1. The Kier molecular flexibility index (Phi) is 3.84. The van der Waals surface area contributed by atoms with E-state index in [2.05, 4.69) is 13.0 Å². The van der Waals surface area contributed by atoms with E-state index in [1.807, 2.05) is 18.2 Å². The first-order chi connectivity index (χ1) is 7.66. The van der Waals surface area contributed by atoms with Crippen LogP contribution >= 0.6 is 0 Å². The summed E-state index contributed by atoms with van der Waals surface area (Å²) in [5.74, 6) is 0.857. The van der Waals surface area contributed by atoms with Gasteiger partial charge in [0.15, 0.2) is 0 Å². The van der Waals surface area contributed by atoms with Crippen molar-refractivity contribution in [1.29, 1.82) is 0 Å². The van der Waals surface area contributed by atoms with E-state index in [-0.39, 0.29) is 12.1 Å². The summed E-state index contributed by atoms with van der Waals surface area (Å²) in [5.41, 5.74) is 1.25. The van der Waals surface area contributed by atoms with Gasteiger partial charge in [-0.2, -0.15) is 0 Å². The van der Waals surface area contributed by atoms with Crippen molar-refractivity contribution in [2.45, 2.75) is 29.8 Å². The number of carbonyl (C=O) groups excluding carboxylic acids is 1. The average Bonchev–Trinajstić information content (AvgIpc) is 2.26. The molecule has 82 valence electrons. The van der Waals surface area contributed by atoms with E-state index in [4.69, 9.17) is 7.38 Å². The van der Waals surface area contributed by atoms with Crippen molar-refractivity contribution >= 4 is 5.97 Å². The Balaban J connectivity index is 2.06. The molecular weight excluding hydrogens is 393 g/mol. The van der Waals surface area contributed by atoms with E-state index < -0.39 is 25.0 Å². The maximum atomic E-state index is 10.8. The molecule has 0 radical (unpaired) electrons. The van der Waals surface area contributed by atoms with Gasteiger partial charge in [-0.15, -0.1) is 0 Å². The predicted octanol–water partition coefficient (Wildman–Crippen LogP) is 2.36. The van der Waals surface area contributed by atoms with Crippen LogP contribution in [0.3, 0.4) is 0 Å². The van der Waals surface area contributed by atoms with Crippen molar-refractivity contribution in [1.82, 2.24) is 0 Å². The SMILES string of the molecule is CC(=O)[O][Hg][CH]1Cc2ccccc2OC1C. The van der Waals surface area contributed by atoms with Crippen LogP contribution in [0.2, 0.25) is 3.43 Å². The van der Waals surface area contributed by atoms with Gasteiger partial charge in [0.2, 0.25) is 0 Å². The van der Waals surface area contributed by atoms with Crippen LogP contribution in [0.15, 0.2) is 24.3 Å². The third-order valence-electron chi connectivity index (χ3n) is 2.93. The van der Waals surface area contributed by atoms with Crippen molar-refractivity contribution in [3.05, 3.63) is 29.8 Å². The van der Waals surface area contributed by atoms with E-state index in [0.717, 1.165) is 12.2 Å². The summed E-state index contributed by atoms with van der Waals surface area (Å²) in [5, 5.41) is 0. The zero-order valence-electron chi connectivity index (χ0n) is 9.60. The summed E-state index contributed by atoms with van der Waals surface area (Å²) in [6.45, 7) is 3.56. The Hall–Kier alpha value is -0.575. The molecule has 1 aromatic rings. The number of fused-ring (bicyclic) bond motifs is 1. The minimum atomic E-state index is -1.61. The van der Waals surface area contributed by atoms with E-state index in [9.17, 15) is 4.79 Å². The molecule has 1 aromatic carbocycles. The number of benzene rings is 1. The summed E-state index contributed by atoms with van der Waals surface area (Å²) in [6, 6.07) is 8.11. The zero-order valence-corrected chi connectivity index (χ0v) is 15.1. The van der Waals surface area contributed by atoms with Crippen LogP contribution in [-0.2, 0) is 38.9 Å². The van der Waals surface area contributed by atoms with E-state index in [0.29, 0.717) is 3.43 Å². The summed E-state index contributed by atoms with van der Waals surface area (Å²) in [6.07, 6.45) is 1.20. The van der Waals surface area contributed by atoms with Crippen molar-refractivity contribution in [2.75, 3.05) is 0 Å². The molecule has 1 aliphatic rings. The van der Waals surface area contributed by atoms with Gasteiger partial charge in [0.1, 0.15) is 0 Å². The average molecular weight is 407 g/mol. The second-order valence-corrected chi connectivity index (χ2v) is 10.7. The van der Waals surface area contributed by atoms with Crippen LogP contribution in [0.5, 0.6) is 5.75 Å². The monoisotopic (exact) mass is 408 g/mol. The van der Waals surface area contributed by atoms with Gasteiger partial charge in [-0.05, 0) is 0 Å². The molecule has 0 N–H and O–H groups in total. The van der Waals surface area contributed by atoms with Gasteiger partial charge in [0.05, 0.1) is 0 Å². The van der Waals surface area contributed by atoms with Gasteiger partial charge in [-0.3, -0.25) is 0 Å². The molecule has 0 spiro atoms. The molecule has 1 heterocycles. The van der Waals surface area contributed by atoms with Crippen molar-refractivity contribution in [3.8, 4) is 5.75 Å². The summed E-state index contributed by atoms with van der Waals surface area (Å²) >= 11 is -1.61. The van der Waals surface area contributed by atoms with Crippen molar-refractivity contribution in [3.63, 3.8) is 0 Å². The van der Waals surface area contributed by atoms with Crippen molar-refractivity contribution in [2.24, 2.45) is 0 Å². The molecule has 16 heavy (non-hydrogen) atoms. The molecule has 3 nitrogen and oxygen atoms in total. The second kappa shape index (κ2) is 5.17. The normalized spacial score (nSPS) is 22.6. The minimum absolute atomic E-state index is 0.132. The number of carbonyl (C=O) groups is 1. The zero-order chi connectivity index (χ0) is 11.5. The van der Waals surface area contributed by atoms with Crippen LogP contribution in [0.25, 0.3) is 0 Å². The molecule has 0 fully saturated rings. The molecule has 4 heteroatoms. The second-order valence-electron chi connectivity index (χ2n) is 4.20. The molecule has 0 bridgehead atoms. The van der Waals surface area contributed by atoms with Crippen LogP contribution in [-0.4, -0.2) is 12.1 Å². The molecular formula is C12H14HgO3. The Labute approximate surface area is 108 Å². The molecule has 2 rings (SSSR count). The maximum absolute atomic E-state index is 10.8. The van der Waals surface area contributed by atoms with Gasteiger partial charge in [-0.1, -0.05) is 0 Å². The molecule has 0 saturated heterocycles. The topological polar surface area (TPSA) is 35.5 Å². The fraction of sp³-hybridized carbons (Fsp3) is 0.417. The molecule has 1 aliphatic heterocycles. The van der Waals surface area contributed by atoms with E-state index >= 15 is 0 Å². The van der Waals surface area contributed by atoms with E-state index in [1.54, 1.807) is 0 Å². The molecule has 2 atom stereocenters. The summed E-state index contributed by atoms with van der Waals surface area (Å²) in [7, 11) is 0. The number of rotatable bonds is 2. The Morgan fingerprint density at radius 3 is 3.00 bits per heavy atom. The molecule has 0 saturated carbocycles. The first kappa shape index (κ1) is 11.9. The standard InChI is InChI=1S/C10H11O.C2H4O2.Hg/c1-8-6-7-9-4-2-3-5-10(9)11-8;1-2(3)4;/h2-6,8H,7H2,1H3;1H3,(H,3,4);/q;;+1/p-1. The number of para-hydroxylation sites is 1. The van der Waals surface area contributed by atoms with Gasteiger partial charge in [-0.25, -0.2) is 0 Å². The first-order valence-electron chi connectivity index (χ1n) is 5.54. The van der Waals surface area contributed by atoms with Gasteiger partial charge in [0, 0.05) is 0 Å². The van der Waals surface area contributed by atoms with E-state index in [1.165, 1.54) is 12.5 Å². The van der Waals surface area contributed by atoms with Gasteiger partial charge < -0.3 is 0 Å². The molecule has 2 unspecified atom stereocenters. The Morgan fingerprint density at radius 2 is 2.25 bits per heavy atom.